The van der Waals surface area contributed by atoms with Crippen LogP contribution in [-0.4, -0.2) is 39.6 Å². The lowest BCUT2D eigenvalue weighted by Gasteiger charge is -2.26. The number of amides is 2. The van der Waals surface area contributed by atoms with Gasteiger partial charge in [-0.3, -0.25) is 4.98 Å². The normalized spacial score (nSPS) is 13.3. The van der Waals surface area contributed by atoms with E-state index in [1.807, 2.05) is 39.0 Å². The summed E-state index contributed by atoms with van der Waals surface area (Å²) in [6.45, 7) is 6.40. The van der Waals surface area contributed by atoms with E-state index < -0.39 is 12.0 Å². The van der Waals surface area contributed by atoms with Gasteiger partial charge in [0.05, 0.1) is 12.2 Å². The molecule has 0 spiro atoms. The van der Waals surface area contributed by atoms with Gasteiger partial charge in [-0.15, -0.1) is 0 Å². The fraction of sp³-hybridized carbons (Fsp3) is 0.533. The van der Waals surface area contributed by atoms with Gasteiger partial charge in [0.25, 0.3) is 0 Å². The van der Waals surface area contributed by atoms with E-state index in [1.165, 1.54) is 0 Å². The number of aliphatic carboxylic acids is 1. The SMILES string of the molecule is CC[C@H](C)[C@H](NC(=O)N(CC)Cc1ccccn1)C(=O)O. The minimum atomic E-state index is -1.01. The van der Waals surface area contributed by atoms with E-state index in [-0.39, 0.29) is 11.9 Å². The zero-order valence-electron chi connectivity index (χ0n) is 12.7. The van der Waals surface area contributed by atoms with E-state index in [1.54, 1.807) is 11.1 Å². The lowest BCUT2D eigenvalue weighted by atomic mass is 9.99. The van der Waals surface area contributed by atoms with Crippen LogP contribution >= 0.6 is 0 Å². The quantitative estimate of drug-likeness (QED) is 0.806. The lowest BCUT2D eigenvalue weighted by Crippen LogP contribution is -2.50. The zero-order valence-corrected chi connectivity index (χ0v) is 12.7. The number of nitrogens with zero attached hydrogens (tertiary/aromatic N) is 2. The molecule has 0 aliphatic heterocycles. The third-order valence-corrected chi connectivity index (χ3v) is 3.51. The van der Waals surface area contributed by atoms with Gasteiger partial charge in [-0.05, 0) is 25.0 Å². The highest BCUT2D eigenvalue weighted by atomic mass is 16.4. The van der Waals surface area contributed by atoms with Crippen LogP contribution in [0.3, 0.4) is 0 Å². The fourth-order valence-electron chi connectivity index (χ4n) is 1.92. The van der Waals surface area contributed by atoms with Crippen molar-refractivity contribution in [2.45, 2.75) is 39.8 Å². The van der Waals surface area contributed by atoms with Crippen LogP contribution in [0, 0.1) is 5.92 Å². The number of pyridine rings is 1. The summed E-state index contributed by atoms with van der Waals surface area (Å²) in [5.74, 6) is -1.13. The second-order valence-corrected chi connectivity index (χ2v) is 4.99. The average molecular weight is 293 g/mol. The summed E-state index contributed by atoms with van der Waals surface area (Å²) in [5, 5.41) is 11.8. The van der Waals surface area contributed by atoms with Crippen molar-refractivity contribution in [2.75, 3.05) is 6.54 Å². The smallest absolute Gasteiger partial charge is 0.326 e. The van der Waals surface area contributed by atoms with Gasteiger partial charge < -0.3 is 15.3 Å². The monoisotopic (exact) mass is 293 g/mol. The van der Waals surface area contributed by atoms with Crippen molar-refractivity contribution >= 4 is 12.0 Å². The molecule has 2 amide bonds. The first-order valence-corrected chi connectivity index (χ1v) is 7.17. The molecule has 2 N–H and O–H groups in total. The number of hydrogen-bond donors (Lipinski definition) is 2. The Labute approximate surface area is 125 Å². The summed E-state index contributed by atoms with van der Waals surface area (Å²) in [6, 6.07) is 4.24. The van der Waals surface area contributed by atoms with Gasteiger partial charge in [0, 0.05) is 12.7 Å². The predicted molar refractivity (Wildman–Crippen MR) is 79.7 cm³/mol. The molecule has 0 radical (unpaired) electrons. The molecule has 0 saturated heterocycles. The number of hydrogen-bond acceptors (Lipinski definition) is 3. The highest BCUT2D eigenvalue weighted by Gasteiger charge is 2.27. The van der Waals surface area contributed by atoms with Gasteiger partial charge in [-0.2, -0.15) is 0 Å². The minimum absolute atomic E-state index is 0.125. The molecular weight excluding hydrogens is 270 g/mol. The van der Waals surface area contributed by atoms with E-state index in [9.17, 15) is 14.7 Å². The molecule has 0 bridgehead atoms. The van der Waals surface area contributed by atoms with Crippen LogP contribution in [0.2, 0.25) is 0 Å². The summed E-state index contributed by atoms with van der Waals surface area (Å²) in [6.07, 6.45) is 2.35. The van der Waals surface area contributed by atoms with Crippen molar-refractivity contribution in [3.05, 3.63) is 30.1 Å². The Kier molecular flexibility index (Phi) is 6.65. The number of urea groups is 1. The Morgan fingerprint density at radius 3 is 2.57 bits per heavy atom. The number of carbonyl (C=O) groups excluding carboxylic acids is 1. The largest absolute Gasteiger partial charge is 0.480 e. The topological polar surface area (TPSA) is 82.5 Å². The number of carbonyl (C=O) groups is 2. The molecule has 6 heteroatoms. The van der Waals surface area contributed by atoms with Crippen LogP contribution in [-0.2, 0) is 11.3 Å². The summed E-state index contributed by atoms with van der Waals surface area (Å²) in [4.78, 5) is 29.2. The third-order valence-electron chi connectivity index (χ3n) is 3.51. The van der Waals surface area contributed by atoms with Crippen LogP contribution < -0.4 is 5.32 Å². The molecule has 0 saturated carbocycles. The minimum Gasteiger partial charge on any atom is -0.480 e. The van der Waals surface area contributed by atoms with Crippen molar-refractivity contribution in [2.24, 2.45) is 5.92 Å². The van der Waals surface area contributed by atoms with Crippen molar-refractivity contribution in [3.8, 4) is 0 Å². The zero-order chi connectivity index (χ0) is 15.8. The summed E-state index contributed by atoms with van der Waals surface area (Å²) in [7, 11) is 0. The Hall–Kier alpha value is -2.11. The van der Waals surface area contributed by atoms with Crippen LogP contribution in [0.1, 0.15) is 32.9 Å². The van der Waals surface area contributed by atoms with E-state index in [0.29, 0.717) is 19.5 Å². The number of nitrogens with one attached hydrogen (secondary N) is 1. The van der Waals surface area contributed by atoms with Crippen LogP contribution in [0.4, 0.5) is 4.79 Å². The highest BCUT2D eigenvalue weighted by molar-refractivity contribution is 5.82. The van der Waals surface area contributed by atoms with E-state index >= 15 is 0 Å². The van der Waals surface area contributed by atoms with E-state index in [0.717, 1.165) is 5.69 Å². The highest BCUT2D eigenvalue weighted by Crippen LogP contribution is 2.09. The number of carboxylic acid groups (broad SMARTS) is 1. The molecule has 21 heavy (non-hydrogen) atoms. The van der Waals surface area contributed by atoms with Crippen molar-refractivity contribution in [1.29, 1.82) is 0 Å². The van der Waals surface area contributed by atoms with E-state index in [4.69, 9.17) is 0 Å². The summed E-state index contributed by atoms with van der Waals surface area (Å²) >= 11 is 0. The predicted octanol–water partition coefficient (Wildman–Crippen LogP) is 2.11. The van der Waals surface area contributed by atoms with Crippen molar-refractivity contribution < 1.29 is 14.7 Å². The van der Waals surface area contributed by atoms with Crippen LogP contribution in [0.25, 0.3) is 0 Å². The van der Waals surface area contributed by atoms with E-state index in [2.05, 4.69) is 10.3 Å². The molecule has 0 aromatic carbocycles. The van der Waals surface area contributed by atoms with Crippen molar-refractivity contribution in [3.63, 3.8) is 0 Å². The summed E-state index contributed by atoms with van der Waals surface area (Å²) < 4.78 is 0. The van der Waals surface area contributed by atoms with Gasteiger partial charge in [-0.1, -0.05) is 26.3 Å². The first-order chi connectivity index (χ1) is 9.99. The second kappa shape index (κ2) is 8.24. The number of carboxylic acids is 1. The van der Waals surface area contributed by atoms with Gasteiger partial charge >= 0.3 is 12.0 Å². The molecule has 0 aliphatic carbocycles. The fourth-order valence-corrected chi connectivity index (χ4v) is 1.92. The van der Waals surface area contributed by atoms with Gasteiger partial charge in [0.1, 0.15) is 6.04 Å². The molecular formula is C15H23N3O3. The van der Waals surface area contributed by atoms with Gasteiger partial charge in [-0.25, -0.2) is 9.59 Å². The molecule has 1 aromatic heterocycles. The molecule has 0 unspecified atom stereocenters. The van der Waals surface area contributed by atoms with Crippen LogP contribution in [0.5, 0.6) is 0 Å². The molecule has 1 rings (SSSR count). The Morgan fingerprint density at radius 2 is 2.10 bits per heavy atom. The Bertz CT molecular complexity index is 464. The van der Waals surface area contributed by atoms with Crippen molar-refractivity contribution in [1.82, 2.24) is 15.2 Å². The van der Waals surface area contributed by atoms with Gasteiger partial charge in [0.15, 0.2) is 0 Å². The number of aromatic nitrogens is 1. The molecule has 0 fully saturated rings. The Morgan fingerprint density at radius 1 is 1.38 bits per heavy atom. The first kappa shape index (κ1) is 16.9. The maximum atomic E-state index is 12.2. The second-order valence-electron chi connectivity index (χ2n) is 4.99. The standard InChI is InChI=1S/C15H23N3O3/c1-4-11(3)13(14(19)20)17-15(21)18(5-2)10-12-8-6-7-9-16-12/h6-9,11,13H,4-5,10H2,1-3H3,(H,17,21)(H,19,20)/t11-,13-/m0/s1. The van der Waals surface area contributed by atoms with Gasteiger partial charge in [0.2, 0.25) is 0 Å². The summed E-state index contributed by atoms with van der Waals surface area (Å²) in [5.41, 5.74) is 0.768. The molecule has 1 heterocycles. The first-order valence-electron chi connectivity index (χ1n) is 7.17. The average Bonchev–Trinajstić information content (AvgIpc) is 2.49. The maximum Gasteiger partial charge on any atom is 0.326 e. The molecule has 6 nitrogen and oxygen atoms in total. The lowest BCUT2D eigenvalue weighted by molar-refractivity contribution is -0.140. The molecule has 0 aliphatic rings. The third kappa shape index (κ3) is 5.06. The maximum absolute atomic E-state index is 12.2. The van der Waals surface area contributed by atoms with Crippen LogP contribution in [0.15, 0.2) is 24.4 Å². The molecule has 2 atom stereocenters. The molecule has 116 valence electrons. The number of rotatable bonds is 7. The molecule has 1 aromatic rings. The Balaban J connectivity index is 2.72.